The van der Waals surface area contributed by atoms with Crippen LogP contribution in [0.4, 0.5) is 5.82 Å². The molecule has 3 heterocycles. The van der Waals surface area contributed by atoms with Crippen LogP contribution in [0.2, 0.25) is 0 Å². The molecule has 0 aromatic carbocycles. The lowest BCUT2D eigenvalue weighted by Crippen LogP contribution is -2.28. The van der Waals surface area contributed by atoms with Crippen LogP contribution < -0.4 is 10.9 Å². The van der Waals surface area contributed by atoms with Crippen LogP contribution in [0.5, 0.6) is 0 Å². The number of pyridine rings is 1. The van der Waals surface area contributed by atoms with Crippen LogP contribution in [-0.2, 0) is 9.53 Å². The fourth-order valence-electron chi connectivity index (χ4n) is 2.69. The molecule has 1 aliphatic rings. The minimum Gasteiger partial charge on any atom is -0.383 e. The van der Waals surface area contributed by atoms with Crippen LogP contribution in [-0.4, -0.2) is 51.3 Å². The summed E-state index contributed by atoms with van der Waals surface area (Å²) in [6.45, 7) is 3.51. The number of hydrogen-bond acceptors (Lipinski definition) is 7. The summed E-state index contributed by atoms with van der Waals surface area (Å²) in [5, 5.41) is 3.12. The number of methoxy groups -OCH3 is 1. The van der Waals surface area contributed by atoms with Gasteiger partial charge in [0.1, 0.15) is 15.8 Å². The number of carbonyl (C=O) groups is 1. The second kappa shape index (κ2) is 8.64. The van der Waals surface area contributed by atoms with Gasteiger partial charge in [0.15, 0.2) is 0 Å². The van der Waals surface area contributed by atoms with E-state index in [4.69, 9.17) is 17.0 Å². The zero-order valence-electron chi connectivity index (χ0n) is 15.1. The zero-order chi connectivity index (χ0) is 19.4. The molecule has 27 heavy (non-hydrogen) atoms. The number of nitrogens with one attached hydrogen (secondary N) is 1. The molecule has 7 nitrogen and oxygen atoms in total. The summed E-state index contributed by atoms with van der Waals surface area (Å²) in [7, 11) is 1.60. The maximum atomic E-state index is 13.0. The average molecular weight is 405 g/mol. The van der Waals surface area contributed by atoms with Crippen molar-refractivity contribution in [3.05, 3.63) is 45.2 Å². The van der Waals surface area contributed by atoms with Gasteiger partial charge in [-0.1, -0.05) is 37.0 Å². The van der Waals surface area contributed by atoms with Crippen LogP contribution in [0.1, 0.15) is 18.9 Å². The minimum atomic E-state index is -0.249. The summed E-state index contributed by atoms with van der Waals surface area (Å²) in [5.74, 6) is 0.247. The van der Waals surface area contributed by atoms with Gasteiger partial charge in [0, 0.05) is 26.4 Å². The van der Waals surface area contributed by atoms with Gasteiger partial charge in [-0.3, -0.25) is 18.9 Å². The summed E-state index contributed by atoms with van der Waals surface area (Å²) >= 11 is 6.51. The number of fused-ring (bicyclic) bond motifs is 1. The Balaban J connectivity index is 2.08. The Morgan fingerprint density at radius 3 is 2.93 bits per heavy atom. The molecule has 0 saturated carbocycles. The molecule has 2 aromatic rings. The molecular formula is C18H20N4O3S2. The van der Waals surface area contributed by atoms with Crippen molar-refractivity contribution in [3.63, 3.8) is 0 Å². The molecule has 0 unspecified atom stereocenters. The van der Waals surface area contributed by atoms with Crippen molar-refractivity contribution in [3.8, 4) is 0 Å². The molecule has 1 aliphatic heterocycles. The molecule has 3 rings (SSSR count). The third-order valence-electron chi connectivity index (χ3n) is 3.96. The highest BCUT2D eigenvalue weighted by Crippen LogP contribution is 2.33. The van der Waals surface area contributed by atoms with Crippen molar-refractivity contribution < 1.29 is 9.53 Å². The smallest absolute Gasteiger partial charge is 0.267 e. The SMILES string of the molecule is CCCN1C(=O)/C(=C/c2c(NCCOC)nc3ccccn3c2=O)SC1=S. The second-order valence-electron chi connectivity index (χ2n) is 5.86. The first-order valence-corrected chi connectivity index (χ1v) is 9.79. The fourth-order valence-corrected chi connectivity index (χ4v) is 3.98. The van der Waals surface area contributed by atoms with E-state index in [0.29, 0.717) is 46.0 Å². The quantitative estimate of drug-likeness (QED) is 0.431. The predicted molar refractivity (Wildman–Crippen MR) is 112 cm³/mol. The first kappa shape index (κ1) is 19.5. The topological polar surface area (TPSA) is 75.9 Å². The third-order valence-corrected chi connectivity index (χ3v) is 5.34. The first-order valence-electron chi connectivity index (χ1n) is 8.56. The van der Waals surface area contributed by atoms with Crippen LogP contribution in [0, 0.1) is 0 Å². The molecule has 0 atom stereocenters. The largest absolute Gasteiger partial charge is 0.383 e. The molecule has 0 aliphatic carbocycles. The molecule has 0 radical (unpaired) electrons. The Labute approximate surface area is 166 Å². The van der Waals surface area contributed by atoms with E-state index in [9.17, 15) is 9.59 Å². The van der Waals surface area contributed by atoms with Crippen LogP contribution in [0.25, 0.3) is 11.7 Å². The second-order valence-corrected chi connectivity index (χ2v) is 7.54. The van der Waals surface area contributed by atoms with E-state index >= 15 is 0 Å². The van der Waals surface area contributed by atoms with Crippen LogP contribution in [0.3, 0.4) is 0 Å². The molecule has 1 fully saturated rings. The number of rotatable bonds is 7. The molecule has 0 spiro atoms. The van der Waals surface area contributed by atoms with Gasteiger partial charge >= 0.3 is 0 Å². The van der Waals surface area contributed by atoms with Crippen LogP contribution in [0.15, 0.2) is 34.1 Å². The molecular weight excluding hydrogens is 384 g/mol. The third kappa shape index (κ3) is 4.05. The van der Waals surface area contributed by atoms with Gasteiger partial charge in [-0.15, -0.1) is 0 Å². The molecule has 1 saturated heterocycles. The Kier molecular flexibility index (Phi) is 6.25. The number of ether oxygens (including phenoxy) is 1. The number of nitrogens with zero attached hydrogens (tertiary/aromatic N) is 3. The summed E-state index contributed by atoms with van der Waals surface area (Å²) in [4.78, 5) is 32.2. The van der Waals surface area contributed by atoms with Gasteiger partial charge in [-0.2, -0.15) is 0 Å². The lowest BCUT2D eigenvalue weighted by molar-refractivity contribution is -0.122. The number of carbonyl (C=O) groups excluding carboxylic acids is 1. The highest BCUT2D eigenvalue weighted by atomic mass is 32.2. The van der Waals surface area contributed by atoms with Gasteiger partial charge in [0.05, 0.1) is 17.1 Å². The van der Waals surface area contributed by atoms with E-state index in [2.05, 4.69) is 10.3 Å². The van der Waals surface area contributed by atoms with Crippen molar-refractivity contribution in [2.24, 2.45) is 0 Å². The Morgan fingerprint density at radius 1 is 1.37 bits per heavy atom. The minimum absolute atomic E-state index is 0.174. The Hall–Kier alpha value is -2.23. The summed E-state index contributed by atoms with van der Waals surface area (Å²) in [6, 6.07) is 5.34. The van der Waals surface area contributed by atoms with Crippen molar-refractivity contribution >= 4 is 51.7 Å². The van der Waals surface area contributed by atoms with E-state index in [-0.39, 0.29) is 11.5 Å². The molecule has 9 heteroatoms. The van der Waals surface area contributed by atoms with Crippen LogP contribution >= 0.6 is 24.0 Å². The van der Waals surface area contributed by atoms with Gasteiger partial charge < -0.3 is 10.1 Å². The number of amides is 1. The lowest BCUT2D eigenvalue weighted by atomic mass is 10.2. The predicted octanol–water partition coefficient (Wildman–Crippen LogP) is 2.36. The molecule has 1 N–H and O–H groups in total. The molecule has 142 valence electrons. The monoisotopic (exact) mass is 404 g/mol. The van der Waals surface area contributed by atoms with Gasteiger partial charge in [0.25, 0.3) is 11.5 Å². The van der Waals surface area contributed by atoms with Crippen molar-refractivity contribution in [1.29, 1.82) is 0 Å². The number of thioether (sulfide) groups is 1. The highest BCUT2D eigenvalue weighted by molar-refractivity contribution is 8.26. The first-order chi connectivity index (χ1) is 13.1. The summed E-state index contributed by atoms with van der Waals surface area (Å²) < 4.78 is 7.02. The standard InChI is InChI=1S/C18H20N4O3S2/c1-3-8-22-17(24)13(27-18(22)26)11-12-15(19-7-10-25-2)20-14-6-4-5-9-21(14)16(12)23/h4-6,9,11,19H,3,7-8,10H2,1-2H3/b13-11-. The maximum absolute atomic E-state index is 13.0. The molecule has 1 amide bonds. The van der Waals surface area contributed by atoms with E-state index < -0.39 is 0 Å². The normalized spacial score (nSPS) is 15.9. The van der Waals surface area contributed by atoms with Gasteiger partial charge in [-0.25, -0.2) is 4.98 Å². The van der Waals surface area contributed by atoms with E-state index in [1.165, 1.54) is 16.2 Å². The maximum Gasteiger partial charge on any atom is 0.267 e. The number of hydrogen-bond donors (Lipinski definition) is 1. The van der Waals surface area contributed by atoms with E-state index in [1.807, 2.05) is 13.0 Å². The van der Waals surface area contributed by atoms with Gasteiger partial charge in [0.2, 0.25) is 0 Å². The summed E-state index contributed by atoms with van der Waals surface area (Å²) in [5.41, 5.74) is 0.603. The Morgan fingerprint density at radius 2 is 2.19 bits per heavy atom. The zero-order valence-corrected chi connectivity index (χ0v) is 16.7. The summed E-state index contributed by atoms with van der Waals surface area (Å²) in [6.07, 6.45) is 4.05. The van der Waals surface area contributed by atoms with Crippen molar-refractivity contribution in [2.75, 3.05) is 32.1 Å². The molecule has 2 aromatic heterocycles. The number of aromatic nitrogens is 2. The molecule has 0 bridgehead atoms. The average Bonchev–Trinajstić information content (AvgIpc) is 2.93. The number of thiocarbonyl (C=S) groups is 1. The van der Waals surface area contributed by atoms with E-state index in [1.54, 1.807) is 36.4 Å². The van der Waals surface area contributed by atoms with Crippen molar-refractivity contribution in [1.82, 2.24) is 14.3 Å². The highest BCUT2D eigenvalue weighted by Gasteiger charge is 2.31. The lowest BCUT2D eigenvalue weighted by Gasteiger charge is -2.12. The number of anilines is 1. The van der Waals surface area contributed by atoms with Gasteiger partial charge in [-0.05, 0) is 24.6 Å². The fraction of sp³-hybridized carbons (Fsp3) is 0.333. The van der Waals surface area contributed by atoms with Crippen molar-refractivity contribution in [2.45, 2.75) is 13.3 Å². The van der Waals surface area contributed by atoms with E-state index in [0.717, 1.165) is 6.42 Å². The Bertz CT molecular complexity index is 971.